The molecule has 0 aliphatic heterocycles. The van der Waals surface area contributed by atoms with Crippen molar-refractivity contribution in [2.45, 2.75) is 12.5 Å². The number of hydrogen-bond acceptors (Lipinski definition) is 8. The van der Waals surface area contributed by atoms with Crippen LogP contribution < -0.4 is 120 Å². The molecule has 0 rings (SSSR count). The van der Waals surface area contributed by atoms with E-state index in [2.05, 4.69) is 11.8 Å². The Balaban J connectivity index is -0.000000602. The normalized spacial score (nSPS) is 10.7. The molecule has 0 fully saturated rings. The van der Waals surface area contributed by atoms with E-state index in [4.69, 9.17) is 5.73 Å². The number of carboxylic acids is 1. The van der Waals surface area contributed by atoms with Crippen molar-refractivity contribution in [1.29, 1.82) is 0 Å². The standard InChI is InChI=1S/C8H14N3O7PS.3Na/c9-5(12)1-4(8(16)10-2-7(14)15)11-6(13)3-19(17,18)20;;;/h4H,1-3H2,(H2,9,12)(H,10,16)(H,11,13)(H,14,15)(H2,17,18,20);;;/q;3*+1/p-3/t4-;;;/m1.../s1. The van der Waals surface area contributed by atoms with Crippen molar-refractivity contribution in [2.75, 3.05) is 12.7 Å². The number of rotatable bonds is 8. The van der Waals surface area contributed by atoms with E-state index in [0.717, 1.165) is 0 Å². The van der Waals surface area contributed by atoms with Crippen molar-refractivity contribution in [2.24, 2.45) is 5.73 Å². The summed E-state index contributed by atoms with van der Waals surface area (Å²) in [5, 5.41) is 13.9. The molecule has 0 spiro atoms. The summed E-state index contributed by atoms with van der Waals surface area (Å²) in [6.45, 7) is -5.15. The topological polar surface area (TPSA) is 188 Å². The van der Waals surface area contributed by atoms with Crippen molar-refractivity contribution < 1.29 is 123 Å². The van der Waals surface area contributed by atoms with Gasteiger partial charge in [-0.2, -0.15) is 0 Å². The van der Waals surface area contributed by atoms with E-state index in [-0.39, 0.29) is 88.7 Å². The molecule has 15 heteroatoms. The van der Waals surface area contributed by atoms with Crippen LogP contribution >= 0.6 is 6.49 Å². The first-order valence-corrected chi connectivity index (χ1v) is 7.90. The van der Waals surface area contributed by atoms with Gasteiger partial charge < -0.3 is 36.1 Å². The van der Waals surface area contributed by atoms with Gasteiger partial charge in [0.2, 0.25) is 17.7 Å². The van der Waals surface area contributed by atoms with E-state index in [1.165, 1.54) is 0 Å². The van der Waals surface area contributed by atoms with Gasteiger partial charge in [-0.05, 0) is 0 Å². The van der Waals surface area contributed by atoms with Gasteiger partial charge in [0.1, 0.15) is 6.04 Å². The quantitative estimate of drug-likeness (QED) is 0.268. The van der Waals surface area contributed by atoms with Gasteiger partial charge in [0.15, 0.2) is 0 Å². The van der Waals surface area contributed by atoms with Crippen LogP contribution in [0.4, 0.5) is 0 Å². The minimum atomic E-state index is -4.30. The number of aliphatic carboxylic acids is 1. The largest absolute Gasteiger partial charge is 1.00 e. The second-order valence-corrected chi connectivity index (χ2v) is 6.86. The first kappa shape index (κ1) is 32.1. The Kier molecular flexibility index (Phi) is 21.9. The SMILES string of the molecule is NC(=O)C[C@@H](NC(=O)CP([O-])([O-])=S)C(=O)NCC(=O)[O-].[Na+].[Na+].[Na+]. The molecule has 0 aromatic heterocycles. The molecule has 1 atom stereocenters. The van der Waals surface area contributed by atoms with Crippen molar-refractivity contribution in [3.63, 3.8) is 0 Å². The first-order valence-electron chi connectivity index (χ1n) is 5.07. The Bertz CT molecular complexity index is 476. The molecule has 0 aliphatic carbocycles. The van der Waals surface area contributed by atoms with E-state index >= 15 is 0 Å². The third-order valence-corrected chi connectivity index (χ3v) is 2.86. The van der Waals surface area contributed by atoms with Crippen LogP contribution in [0.2, 0.25) is 0 Å². The molecule has 0 aromatic carbocycles. The third-order valence-electron chi connectivity index (χ3n) is 1.80. The predicted octanol–water partition coefficient (Wildman–Crippen LogP) is -14.7. The second kappa shape index (κ2) is 15.7. The molecule has 0 bridgehead atoms. The van der Waals surface area contributed by atoms with Crippen molar-refractivity contribution in [1.82, 2.24) is 10.6 Å². The van der Waals surface area contributed by atoms with Crippen LogP contribution in [-0.4, -0.2) is 42.4 Å². The molecular weight excluding hydrogens is 382 g/mol. The Morgan fingerprint density at radius 2 is 1.61 bits per heavy atom. The van der Waals surface area contributed by atoms with E-state index in [1.807, 2.05) is 10.6 Å². The van der Waals surface area contributed by atoms with Crippen molar-refractivity contribution >= 4 is 42.0 Å². The minimum absolute atomic E-state index is 0. The molecular formula is C8H11N3Na3O7PS. The summed E-state index contributed by atoms with van der Waals surface area (Å²) in [5.74, 6) is -4.67. The summed E-state index contributed by atoms with van der Waals surface area (Å²) in [5.41, 5.74) is 4.85. The summed E-state index contributed by atoms with van der Waals surface area (Å²) in [6.07, 6.45) is -1.67. The number of carbonyl (C=O) groups excluding carboxylic acids is 4. The maximum absolute atomic E-state index is 11.5. The smallest absolute Gasteiger partial charge is 0.832 e. The Morgan fingerprint density at radius 3 is 1.96 bits per heavy atom. The van der Waals surface area contributed by atoms with Crippen molar-refractivity contribution in [3.8, 4) is 0 Å². The minimum Gasteiger partial charge on any atom is -0.832 e. The van der Waals surface area contributed by atoms with E-state index in [0.29, 0.717) is 0 Å². The summed E-state index contributed by atoms with van der Waals surface area (Å²) >= 11 is 4.01. The number of carbonyl (C=O) groups is 4. The number of nitrogens with one attached hydrogen (secondary N) is 2. The van der Waals surface area contributed by atoms with Gasteiger partial charge in [-0.3, -0.25) is 14.4 Å². The zero-order chi connectivity index (χ0) is 15.9. The van der Waals surface area contributed by atoms with Gasteiger partial charge in [0.05, 0.1) is 18.9 Å². The van der Waals surface area contributed by atoms with E-state index in [9.17, 15) is 34.1 Å². The number of carboxylic acid groups (broad SMARTS) is 1. The second-order valence-electron chi connectivity index (χ2n) is 3.65. The number of hydrogen-bond donors (Lipinski definition) is 3. The average Bonchev–Trinajstić information content (AvgIpc) is 2.21. The van der Waals surface area contributed by atoms with Crippen LogP contribution in [0, 0.1) is 0 Å². The average molecular weight is 393 g/mol. The number of primary amides is 1. The maximum atomic E-state index is 11.5. The monoisotopic (exact) mass is 393 g/mol. The Hall–Kier alpha value is 1.45. The van der Waals surface area contributed by atoms with Gasteiger partial charge in [0.25, 0.3) is 0 Å². The van der Waals surface area contributed by atoms with Crippen LogP contribution in [0.25, 0.3) is 0 Å². The summed E-state index contributed by atoms with van der Waals surface area (Å²) in [6, 6.07) is -1.50. The molecule has 0 unspecified atom stereocenters. The third kappa shape index (κ3) is 19.6. The fourth-order valence-electron chi connectivity index (χ4n) is 1.11. The molecule has 0 heterocycles. The van der Waals surface area contributed by atoms with Crippen LogP contribution in [0.1, 0.15) is 6.42 Å². The molecule has 3 amide bonds. The van der Waals surface area contributed by atoms with Crippen LogP contribution in [0.5, 0.6) is 0 Å². The zero-order valence-electron chi connectivity index (χ0n) is 13.0. The van der Waals surface area contributed by atoms with Crippen LogP contribution in [0.3, 0.4) is 0 Å². The summed E-state index contributed by atoms with van der Waals surface area (Å²) in [7, 11) is 0. The van der Waals surface area contributed by atoms with E-state index in [1.54, 1.807) is 0 Å². The number of amides is 3. The van der Waals surface area contributed by atoms with Gasteiger partial charge in [0, 0.05) is 6.16 Å². The fraction of sp³-hybridized carbons (Fsp3) is 0.500. The Labute approximate surface area is 203 Å². The summed E-state index contributed by atoms with van der Waals surface area (Å²) in [4.78, 5) is 65.1. The molecule has 4 N–H and O–H groups in total. The van der Waals surface area contributed by atoms with Crippen molar-refractivity contribution in [3.05, 3.63) is 0 Å². The Morgan fingerprint density at radius 1 is 1.13 bits per heavy atom. The predicted molar refractivity (Wildman–Crippen MR) is 62.9 cm³/mol. The molecule has 114 valence electrons. The van der Waals surface area contributed by atoms with E-state index < -0.39 is 55.4 Å². The zero-order valence-corrected chi connectivity index (χ0v) is 20.7. The number of nitrogens with two attached hydrogens (primary N) is 1. The van der Waals surface area contributed by atoms with Gasteiger partial charge in [-0.1, -0.05) is 0 Å². The first-order chi connectivity index (χ1) is 9.01. The van der Waals surface area contributed by atoms with Gasteiger partial charge >= 0.3 is 88.7 Å². The van der Waals surface area contributed by atoms with Crippen LogP contribution in [0.15, 0.2) is 0 Å². The van der Waals surface area contributed by atoms with Gasteiger partial charge in [-0.15, -0.1) is 11.8 Å². The molecule has 0 aromatic rings. The fourth-order valence-corrected chi connectivity index (χ4v) is 1.90. The van der Waals surface area contributed by atoms with Crippen LogP contribution in [-0.2, 0) is 31.0 Å². The van der Waals surface area contributed by atoms with Gasteiger partial charge in [-0.25, -0.2) is 6.49 Å². The maximum Gasteiger partial charge on any atom is 1.00 e. The molecule has 10 nitrogen and oxygen atoms in total. The summed E-state index contributed by atoms with van der Waals surface area (Å²) < 4.78 is 0. The molecule has 0 saturated carbocycles. The molecule has 23 heavy (non-hydrogen) atoms. The molecule has 0 saturated heterocycles. The molecule has 0 aliphatic rings. The molecule has 0 radical (unpaired) electrons.